The van der Waals surface area contributed by atoms with Gasteiger partial charge >= 0.3 is 0 Å². The van der Waals surface area contributed by atoms with E-state index in [0.29, 0.717) is 5.75 Å². The zero-order valence-corrected chi connectivity index (χ0v) is 7.88. The minimum Gasteiger partial charge on any atom is -0.507 e. The van der Waals surface area contributed by atoms with Crippen LogP contribution in [0.4, 0.5) is 0 Å². The molecule has 0 aromatic heterocycles. The minimum atomic E-state index is -0.227. The largest absolute Gasteiger partial charge is 0.507 e. The van der Waals surface area contributed by atoms with E-state index in [1.54, 1.807) is 0 Å². The van der Waals surface area contributed by atoms with Crippen LogP contribution in [0.25, 0.3) is 0 Å². The van der Waals surface area contributed by atoms with Gasteiger partial charge in [0.05, 0.1) is 0 Å². The molecule has 0 bridgehead atoms. The van der Waals surface area contributed by atoms with E-state index >= 15 is 0 Å². The third kappa shape index (κ3) is 1.31. The molecule has 2 nitrogen and oxygen atoms in total. The summed E-state index contributed by atoms with van der Waals surface area (Å²) >= 11 is 0. The van der Waals surface area contributed by atoms with Gasteiger partial charge in [-0.3, -0.25) is 0 Å². The summed E-state index contributed by atoms with van der Waals surface area (Å²) in [5.74, 6) is 0.407. The number of hydrogen-bond acceptors (Lipinski definition) is 2. The van der Waals surface area contributed by atoms with Crippen molar-refractivity contribution < 1.29 is 5.11 Å². The van der Waals surface area contributed by atoms with Crippen molar-refractivity contribution in [2.75, 3.05) is 0 Å². The van der Waals surface area contributed by atoms with Crippen molar-refractivity contribution >= 4 is 0 Å². The maximum Gasteiger partial charge on any atom is 0.123 e. The molecule has 1 aliphatic carbocycles. The Morgan fingerprint density at radius 2 is 2.15 bits per heavy atom. The number of nitrogens with two attached hydrogens (primary N) is 1. The van der Waals surface area contributed by atoms with E-state index < -0.39 is 0 Å². The molecule has 2 heteroatoms. The maximum atomic E-state index is 9.88. The van der Waals surface area contributed by atoms with Gasteiger partial charge in [0.2, 0.25) is 0 Å². The molecule has 13 heavy (non-hydrogen) atoms. The first-order valence-electron chi connectivity index (χ1n) is 4.77. The summed E-state index contributed by atoms with van der Waals surface area (Å²) in [4.78, 5) is 0. The molecule has 0 atom stereocenters. The SMILES string of the molecule is CCc1cccc(C2(N)CC2)c1O. The Kier molecular flexibility index (Phi) is 1.81. The third-order valence-corrected chi connectivity index (χ3v) is 2.83. The van der Waals surface area contributed by atoms with Gasteiger partial charge in [-0.25, -0.2) is 0 Å². The van der Waals surface area contributed by atoms with E-state index in [4.69, 9.17) is 5.73 Å². The lowest BCUT2D eigenvalue weighted by Gasteiger charge is -2.13. The van der Waals surface area contributed by atoms with Crippen LogP contribution >= 0.6 is 0 Å². The fourth-order valence-electron chi connectivity index (χ4n) is 1.68. The molecule has 0 amide bonds. The molecular formula is C11H15NO. The number of rotatable bonds is 2. The molecule has 0 saturated heterocycles. The Balaban J connectivity index is 2.46. The number of phenols is 1. The van der Waals surface area contributed by atoms with Crippen LogP contribution in [0.5, 0.6) is 5.75 Å². The third-order valence-electron chi connectivity index (χ3n) is 2.83. The molecular weight excluding hydrogens is 162 g/mol. The van der Waals surface area contributed by atoms with E-state index in [0.717, 1.165) is 30.4 Å². The van der Waals surface area contributed by atoms with Crippen LogP contribution in [0.1, 0.15) is 30.9 Å². The van der Waals surface area contributed by atoms with Crippen LogP contribution in [0.2, 0.25) is 0 Å². The normalized spacial score (nSPS) is 18.6. The minimum absolute atomic E-state index is 0.227. The van der Waals surface area contributed by atoms with Crippen molar-refractivity contribution in [1.29, 1.82) is 0 Å². The Morgan fingerprint density at radius 3 is 2.69 bits per heavy atom. The van der Waals surface area contributed by atoms with Gasteiger partial charge in [0, 0.05) is 11.1 Å². The summed E-state index contributed by atoms with van der Waals surface area (Å²) in [7, 11) is 0. The van der Waals surface area contributed by atoms with Crippen LogP contribution in [0.3, 0.4) is 0 Å². The Labute approximate surface area is 78.4 Å². The molecule has 1 fully saturated rings. The van der Waals surface area contributed by atoms with Crippen LogP contribution in [0, 0.1) is 0 Å². The lowest BCUT2D eigenvalue weighted by Crippen LogP contribution is -2.19. The van der Waals surface area contributed by atoms with Crippen molar-refractivity contribution in [3.8, 4) is 5.75 Å². The first-order valence-corrected chi connectivity index (χ1v) is 4.77. The van der Waals surface area contributed by atoms with E-state index in [2.05, 4.69) is 0 Å². The van der Waals surface area contributed by atoms with E-state index in [-0.39, 0.29) is 5.54 Å². The average Bonchev–Trinajstić information content (AvgIpc) is 2.85. The number of phenolic OH excluding ortho intramolecular Hbond substituents is 1. The number of aryl methyl sites for hydroxylation is 1. The highest BCUT2D eigenvalue weighted by molar-refractivity contribution is 5.46. The average molecular weight is 177 g/mol. The second kappa shape index (κ2) is 2.74. The predicted octanol–water partition coefficient (Wildman–Crippen LogP) is 1.90. The molecule has 3 N–H and O–H groups in total. The number of para-hydroxylation sites is 1. The standard InChI is InChI=1S/C11H15NO/c1-2-8-4-3-5-9(10(8)13)11(12)6-7-11/h3-5,13H,2,6-7,12H2,1H3. The van der Waals surface area contributed by atoms with Gasteiger partial charge < -0.3 is 10.8 Å². The molecule has 1 aromatic carbocycles. The van der Waals surface area contributed by atoms with Crippen LogP contribution < -0.4 is 5.73 Å². The van der Waals surface area contributed by atoms with Crippen molar-refractivity contribution in [3.05, 3.63) is 29.3 Å². The molecule has 1 saturated carbocycles. The van der Waals surface area contributed by atoms with E-state index in [1.807, 2.05) is 25.1 Å². The highest BCUT2D eigenvalue weighted by Gasteiger charge is 2.42. The summed E-state index contributed by atoms with van der Waals surface area (Å²) in [6, 6.07) is 5.85. The Hall–Kier alpha value is -1.02. The molecule has 70 valence electrons. The summed E-state index contributed by atoms with van der Waals surface area (Å²) in [5, 5.41) is 9.88. The molecule has 0 heterocycles. The maximum absolute atomic E-state index is 9.88. The summed E-state index contributed by atoms with van der Waals surface area (Å²) in [6.07, 6.45) is 2.84. The van der Waals surface area contributed by atoms with Crippen LogP contribution in [-0.4, -0.2) is 5.11 Å². The smallest absolute Gasteiger partial charge is 0.123 e. The number of hydrogen-bond donors (Lipinski definition) is 2. The lowest BCUT2D eigenvalue weighted by atomic mass is 10.00. The van der Waals surface area contributed by atoms with Gasteiger partial charge in [0.1, 0.15) is 5.75 Å². The zero-order chi connectivity index (χ0) is 9.47. The van der Waals surface area contributed by atoms with Crippen molar-refractivity contribution in [3.63, 3.8) is 0 Å². The van der Waals surface area contributed by atoms with E-state index in [9.17, 15) is 5.11 Å². The molecule has 1 aromatic rings. The Bertz CT molecular complexity index is 329. The first-order chi connectivity index (χ1) is 6.17. The molecule has 1 aliphatic rings. The summed E-state index contributed by atoms with van der Waals surface area (Å²) in [5.41, 5.74) is 7.72. The fraction of sp³-hybridized carbons (Fsp3) is 0.455. The summed E-state index contributed by atoms with van der Waals surface area (Å²) in [6.45, 7) is 2.04. The van der Waals surface area contributed by atoms with Gasteiger partial charge in [0.25, 0.3) is 0 Å². The van der Waals surface area contributed by atoms with Crippen molar-refractivity contribution in [2.24, 2.45) is 5.73 Å². The quantitative estimate of drug-likeness (QED) is 0.724. The topological polar surface area (TPSA) is 46.2 Å². The fourth-order valence-corrected chi connectivity index (χ4v) is 1.68. The van der Waals surface area contributed by atoms with Crippen LogP contribution in [-0.2, 0) is 12.0 Å². The zero-order valence-electron chi connectivity index (χ0n) is 7.88. The molecule has 0 unspecified atom stereocenters. The van der Waals surface area contributed by atoms with E-state index in [1.165, 1.54) is 0 Å². The van der Waals surface area contributed by atoms with Crippen molar-refractivity contribution in [2.45, 2.75) is 31.7 Å². The van der Waals surface area contributed by atoms with Crippen LogP contribution in [0.15, 0.2) is 18.2 Å². The lowest BCUT2D eigenvalue weighted by molar-refractivity contribution is 0.453. The summed E-state index contributed by atoms with van der Waals surface area (Å²) < 4.78 is 0. The second-order valence-electron chi connectivity index (χ2n) is 3.82. The number of benzene rings is 1. The molecule has 2 rings (SSSR count). The molecule has 0 radical (unpaired) electrons. The molecule has 0 aliphatic heterocycles. The van der Waals surface area contributed by atoms with Gasteiger partial charge in [0.15, 0.2) is 0 Å². The number of aromatic hydroxyl groups is 1. The highest BCUT2D eigenvalue weighted by atomic mass is 16.3. The Morgan fingerprint density at radius 1 is 1.46 bits per heavy atom. The molecule has 0 spiro atoms. The first kappa shape index (κ1) is 8.57. The predicted molar refractivity (Wildman–Crippen MR) is 52.6 cm³/mol. The van der Waals surface area contributed by atoms with Crippen molar-refractivity contribution in [1.82, 2.24) is 0 Å². The van der Waals surface area contributed by atoms with Gasteiger partial charge in [-0.15, -0.1) is 0 Å². The van der Waals surface area contributed by atoms with Gasteiger partial charge in [-0.1, -0.05) is 25.1 Å². The van der Waals surface area contributed by atoms with Gasteiger partial charge in [-0.05, 0) is 24.8 Å². The second-order valence-corrected chi connectivity index (χ2v) is 3.82. The highest BCUT2D eigenvalue weighted by Crippen LogP contribution is 2.46. The van der Waals surface area contributed by atoms with Gasteiger partial charge in [-0.2, -0.15) is 0 Å². The monoisotopic (exact) mass is 177 g/mol.